The van der Waals surface area contributed by atoms with Gasteiger partial charge in [0.25, 0.3) is 5.91 Å². The van der Waals surface area contributed by atoms with Crippen molar-refractivity contribution in [3.8, 4) is 5.75 Å². The zero-order valence-electron chi connectivity index (χ0n) is 15.3. The van der Waals surface area contributed by atoms with Gasteiger partial charge in [-0.15, -0.1) is 0 Å². The van der Waals surface area contributed by atoms with Gasteiger partial charge in [0.05, 0.1) is 26.2 Å². The number of hydrogen-bond acceptors (Lipinski definition) is 4. The molecule has 0 amide bonds. The van der Waals surface area contributed by atoms with Gasteiger partial charge in [-0.05, 0) is 49.2 Å². The number of rotatable bonds is 4. The Labute approximate surface area is 152 Å². The summed E-state index contributed by atoms with van der Waals surface area (Å²) >= 11 is 0. The second-order valence-electron chi connectivity index (χ2n) is 6.16. The number of esters is 1. The number of nitrogens with zero attached hydrogens (tertiary/aromatic N) is 1. The fourth-order valence-electron chi connectivity index (χ4n) is 3.22. The van der Waals surface area contributed by atoms with Crippen molar-refractivity contribution in [2.24, 2.45) is 0 Å². The fraction of sp³-hybridized carbons (Fsp3) is 0.238. The van der Waals surface area contributed by atoms with Crippen molar-refractivity contribution in [1.29, 1.82) is 0 Å². The molecule has 0 aliphatic rings. The van der Waals surface area contributed by atoms with Crippen molar-refractivity contribution >= 4 is 22.8 Å². The lowest BCUT2D eigenvalue weighted by Crippen LogP contribution is -2.15. The molecule has 2 aromatic carbocycles. The van der Waals surface area contributed by atoms with Gasteiger partial charge in [-0.3, -0.25) is 14.2 Å². The van der Waals surface area contributed by atoms with Crippen molar-refractivity contribution in [1.82, 2.24) is 4.57 Å². The maximum Gasteiger partial charge on any atom is 0.310 e. The van der Waals surface area contributed by atoms with Gasteiger partial charge >= 0.3 is 5.97 Å². The van der Waals surface area contributed by atoms with Crippen LogP contribution >= 0.6 is 0 Å². The number of aromatic nitrogens is 1. The number of hydrogen-bond donors (Lipinski definition) is 0. The van der Waals surface area contributed by atoms with E-state index in [0.29, 0.717) is 11.3 Å². The van der Waals surface area contributed by atoms with Crippen molar-refractivity contribution in [2.75, 3.05) is 14.2 Å². The number of ether oxygens (including phenoxy) is 2. The third kappa shape index (κ3) is 2.96. The summed E-state index contributed by atoms with van der Waals surface area (Å²) in [6.07, 6.45) is 0.0973. The number of benzene rings is 2. The molecule has 0 saturated heterocycles. The molecule has 0 bridgehead atoms. The predicted molar refractivity (Wildman–Crippen MR) is 99.9 cm³/mol. The van der Waals surface area contributed by atoms with E-state index < -0.39 is 0 Å². The molecule has 0 fully saturated rings. The monoisotopic (exact) mass is 351 g/mol. The molecule has 0 spiro atoms. The van der Waals surface area contributed by atoms with Gasteiger partial charge in [0.1, 0.15) is 5.75 Å². The molecule has 5 heteroatoms. The topological polar surface area (TPSA) is 57.5 Å². The van der Waals surface area contributed by atoms with Gasteiger partial charge in [0, 0.05) is 16.6 Å². The van der Waals surface area contributed by atoms with Crippen LogP contribution in [-0.4, -0.2) is 30.7 Å². The van der Waals surface area contributed by atoms with Crippen LogP contribution in [0.25, 0.3) is 10.9 Å². The van der Waals surface area contributed by atoms with Gasteiger partial charge in [-0.25, -0.2) is 0 Å². The third-order valence-electron chi connectivity index (χ3n) is 4.67. The first-order chi connectivity index (χ1) is 12.5. The summed E-state index contributed by atoms with van der Waals surface area (Å²) in [5.41, 5.74) is 3.78. The zero-order chi connectivity index (χ0) is 18.8. The Kier molecular flexibility index (Phi) is 4.80. The molecule has 0 unspecified atom stereocenters. The zero-order valence-corrected chi connectivity index (χ0v) is 15.3. The van der Waals surface area contributed by atoms with Crippen molar-refractivity contribution in [2.45, 2.75) is 20.3 Å². The van der Waals surface area contributed by atoms with E-state index >= 15 is 0 Å². The minimum absolute atomic E-state index is 0.0973. The quantitative estimate of drug-likeness (QED) is 0.673. The lowest BCUT2D eigenvalue weighted by Gasteiger charge is -2.10. The first kappa shape index (κ1) is 17.7. The van der Waals surface area contributed by atoms with E-state index in [-0.39, 0.29) is 18.3 Å². The Hall–Kier alpha value is -3.08. The minimum Gasteiger partial charge on any atom is -0.497 e. The van der Waals surface area contributed by atoms with E-state index in [0.717, 1.165) is 27.7 Å². The number of aryl methyl sites for hydroxylation is 1. The van der Waals surface area contributed by atoms with Gasteiger partial charge in [-0.1, -0.05) is 18.2 Å². The fourth-order valence-corrected chi connectivity index (χ4v) is 3.22. The summed E-state index contributed by atoms with van der Waals surface area (Å²) in [5.74, 6) is 0.203. The molecule has 3 rings (SSSR count). The summed E-state index contributed by atoms with van der Waals surface area (Å²) in [6, 6.07) is 13.0. The normalized spacial score (nSPS) is 10.8. The minimum atomic E-state index is -0.349. The van der Waals surface area contributed by atoms with E-state index in [9.17, 15) is 9.59 Å². The van der Waals surface area contributed by atoms with Gasteiger partial charge in [0.15, 0.2) is 0 Å². The maximum atomic E-state index is 13.2. The smallest absolute Gasteiger partial charge is 0.310 e. The second kappa shape index (κ2) is 7.04. The Morgan fingerprint density at radius 2 is 1.77 bits per heavy atom. The number of methoxy groups -OCH3 is 2. The Bertz CT molecular complexity index is 1000. The van der Waals surface area contributed by atoms with Crippen LogP contribution in [-0.2, 0) is 16.0 Å². The highest BCUT2D eigenvalue weighted by Gasteiger charge is 2.22. The SMILES string of the molecule is COC(=O)Cc1c(C)n(C(=O)c2ccccc2C)c2ccc(OC)cc12. The first-order valence-corrected chi connectivity index (χ1v) is 8.33. The van der Waals surface area contributed by atoms with Gasteiger partial charge in [-0.2, -0.15) is 0 Å². The van der Waals surface area contributed by atoms with Crippen LogP contribution in [0.1, 0.15) is 27.2 Å². The highest BCUT2D eigenvalue weighted by atomic mass is 16.5. The highest BCUT2D eigenvalue weighted by Crippen LogP contribution is 2.31. The van der Waals surface area contributed by atoms with Crippen LogP contribution in [0.5, 0.6) is 5.75 Å². The Morgan fingerprint density at radius 1 is 1.04 bits per heavy atom. The largest absolute Gasteiger partial charge is 0.497 e. The van der Waals surface area contributed by atoms with Crippen molar-refractivity contribution in [3.63, 3.8) is 0 Å². The van der Waals surface area contributed by atoms with E-state index in [1.807, 2.05) is 56.3 Å². The van der Waals surface area contributed by atoms with Crippen LogP contribution in [0, 0.1) is 13.8 Å². The van der Waals surface area contributed by atoms with Crippen LogP contribution in [0.2, 0.25) is 0 Å². The highest BCUT2D eigenvalue weighted by molar-refractivity contribution is 6.05. The average molecular weight is 351 g/mol. The molecular formula is C21H21NO4. The van der Waals surface area contributed by atoms with Gasteiger partial charge < -0.3 is 9.47 Å². The lowest BCUT2D eigenvalue weighted by atomic mass is 10.1. The second-order valence-corrected chi connectivity index (χ2v) is 6.16. The van der Waals surface area contributed by atoms with Crippen molar-refractivity contribution in [3.05, 3.63) is 64.8 Å². The van der Waals surface area contributed by atoms with E-state index in [1.165, 1.54) is 7.11 Å². The molecule has 3 aromatic rings. The molecule has 0 N–H and O–H groups in total. The average Bonchev–Trinajstić information content (AvgIpc) is 2.92. The molecule has 1 aromatic heterocycles. The number of carbonyl (C=O) groups is 2. The molecule has 0 aliphatic heterocycles. The van der Waals surface area contributed by atoms with Crippen LogP contribution in [0.15, 0.2) is 42.5 Å². The van der Waals surface area contributed by atoms with E-state index in [2.05, 4.69) is 0 Å². The van der Waals surface area contributed by atoms with Crippen LogP contribution in [0.3, 0.4) is 0 Å². The number of fused-ring (bicyclic) bond motifs is 1. The van der Waals surface area contributed by atoms with Crippen LogP contribution in [0.4, 0.5) is 0 Å². The molecular weight excluding hydrogens is 330 g/mol. The van der Waals surface area contributed by atoms with E-state index in [1.54, 1.807) is 11.7 Å². The number of carbonyl (C=O) groups excluding carboxylic acids is 2. The molecule has 26 heavy (non-hydrogen) atoms. The molecule has 0 aliphatic carbocycles. The Balaban J connectivity index is 2.25. The summed E-state index contributed by atoms with van der Waals surface area (Å²) in [7, 11) is 2.94. The molecule has 134 valence electrons. The summed E-state index contributed by atoms with van der Waals surface area (Å²) in [6.45, 7) is 3.76. The Morgan fingerprint density at radius 3 is 2.42 bits per heavy atom. The summed E-state index contributed by atoms with van der Waals surface area (Å²) in [4.78, 5) is 25.1. The van der Waals surface area contributed by atoms with Crippen LogP contribution < -0.4 is 4.74 Å². The predicted octanol–water partition coefficient (Wildman–Crippen LogP) is 3.67. The van der Waals surface area contributed by atoms with E-state index in [4.69, 9.17) is 9.47 Å². The third-order valence-corrected chi connectivity index (χ3v) is 4.67. The maximum absolute atomic E-state index is 13.2. The first-order valence-electron chi connectivity index (χ1n) is 8.33. The summed E-state index contributed by atoms with van der Waals surface area (Å²) < 4.78 is 11.8. The molecule has 0 radical (unpaired) electrons. The van der Waals surface area contributed by atoms with Gasteiger partial charge in [0.2, 0.25) is 0 Å². The lowest BCUT2D eigenvalue weighted by molar-refractivity contribution is -0.139. The molecule has 0 saturated carbocycles. The molecule has 1 heterocycles. The molecule has 5 nitrogen and oxygen atoms in total. The standard InChI is InChI=1S/C21H21NO4/c1-13-7-5-6-8-16(13)21(24)22-14(2)17(12-20(23)26-4)18-11-15(25-3)9-10-19(18)22/h5-11H,12H2,1-4H3. The van der Waals surface area contributed by atoms with Crippen molar-refractivity contribution < 1.29 is 19.1 Å². The summed E-state index contributed by atoms with van der Waals surface area (Å²) in [5, 5.41) is 0.814. The molecule has 0 atom stereocenters.